The van der Waals surface area contributed by atoms with E-state index in [0.29, 0.717) is 17.3 Å². The van der Waals surface area contributed by atoms with Crippen LogP contribution >= 0.6 is 11.6 Å². The van der Waals surface area contributed by atoms with Crippen molar-refractivity contribution in [3.8, 4) is 5.69 Å². The van der Waals surface area contributed by atoms with Gasteiger partial charge in [0, 0.05) is 16.1 Å². The summed E-state index contributed by atoms with van der Waals surface area (Å²) < 4.78 is 1.84. The largest absolute Gasteiger partial charge is 0.390 e. The quantitative estimate of drug-likeness (QED) is 0.786. The van der Waals surface area contributed by atoms with Crippen LogP contribution in [0.2, 0.25) is 5.02 Å². The van der Waals surface area contributed by atoms with Crippen LogP contribution in [0.15, 0.2) is 59.6 Å². The fourth-order valence-electron chi connectivity index (χ4n) is 2.84. The third-order valence-electron chi connectivity index (χ3n) is 3.88. The average molecular weight is 324 g/mol. The maximum absolute atomic E-state index is 9.35. The first kappa shape index (κ1) is 14.2. The molecular formula is C18H14ClN3O. The summed E-state index contributed by atoms with van der Waals surface area (Å²) in [6, 6.07) is 17.6. The smallest absolute Gasteiger partial charge is 0.0886 e. The van der Waals surface area contributed by atoms with Crippen molar-refractivity contribution in [2.45, 2.75) is 13.2 Å². The van der Waals surface area contributed by atoms with Gasteiger partial charge in [-0.25, -0.2) is 4.68 Å². The van der Waals surface area contributed by atoms with Crippen LogP contribution in [0.5, 0.6) is 0 Å². The summed E-state index contributed by atoms with van der Waals surface area (Å²) in [5, 5.41) is 14.5. The van der Waals surface area contributed by atoms with Gasteiger partial charge in [-0.15, -0.1) is 0 Å². The van der Waals surface area contributed by atoms with Crippen LogP contribution in [-0.4, -0.2) is 20.6 Å². The van der Waals surface area contributed by atoms with E-state index < -0.39 is 0 Å². The molecule has 4 rings (SSSR count). The molecule has 0 saturated carbocycles. The Morgan fingerprint density at radius 1 is 1.09 bits per heavy atom. The number of aliphatic imine (C=N–C) groups is 1. The highest BCUT2D eigenvalue weighted by atomic mass is 35.5. The van der Waals surface area contributed by atoms with Crippen molar-refractivity contribution in [3.63, 3.8) is 0 Å². The lowest BCUT2D eigenvalue weighted by Gasteiger charge is -2.11. The second-order valence-corrected chi connectivity index (χ2v) is 5.83. The van der Waals surface area contributed by atoms with Gasteiger partial charge < -0.3 is 5.11 Å². The molecule has 4 nitrogen and oxygen atoms in total. The number of benzene rings is 2. The lowest BCUT2D eigenvalue weighted by Crippen LogP contribution is -2.08. The molecule has 0 radical (unpaired) electrons. The summed E-state index contributed by atoms with van der Waals surface area (Å²) in [5.74, 6) is 0. The minimum absolute atomic E-state index is 0.0851. The summed E-state index contributed by atoms with van der Waals surface area (Å²) in [6.07, 6.45) is 0. The minimum Gasteiger partial charge on any atom is -0.390 e. The summed E-state index contributed by atoms with van der Waals surface area (Å²) >= 11 is 6.22. The normalized spacial score (nSPS) is 13.0. The number of rotatable bonds is 2. The SMILES string of the molecule is OCc1cc2n(n1)-c1ccc(Cl)cc1C(c1ccccc1)=NC2. The van der Waals surface area contributed by atoms with Crippen LogP contribution in [0, 0.1) is 0 Å². The van der Waals surface area contributed by atoms with E-state index in [1.165, 1.54) is 0 Å². The summed E-state index contributed by atoms with van der Waals surface area (Å²) in [5.41, 5.74) is 5.39. The van der Waals surface area contributed by atoms with Gasteiger partial charge in [0.2, 0.25) is 0 Å². The van der Waals surface area contributed by atoms with E-state index in [-0.39, 0.29) is 6.61 Å². The summed E-state index contributed by atoms with van der Waals surface area (Å²) in [7, 11) is 0. The van der Waals surface area contributed by atoms with Crippen LogP contribution in [-0.2, 0) is 13.2 Å². The molecule has 0 unspecified atom stereocenters. The van der Waals surface area contributed by atoms with E-state index in [2.05, 4.69) is 5.10 Å². The van der Waals surface area contributed by atoms with Gasteiger partial charge in [-0.2, -0.15) is 5.10 Å². The Kier molecular flexibility index (Phi) is 3.48. The van der Waals surface area contributed by atoms with Gasteiger partial charge in [0.1, 0.15) is 0 Å². The van der Waals surface area contributed by atoms with Crippen LogP contribution in [0.3, 0.4) is 0 Å². The number of aromatic nitrogens is 2. The lowest BCUT2D eigenvalue weighted by atomic mass is 10.0. The van der Waals surface area contributed by atoms with Crippen LogP contribution in [0.1, 0.15) is 22.5 Å². The molecule has 1 aliphatic rings. The molecule has 1 N–H and O–H groups in total. The first-order chi connectivity index (χ1) is 11.3. The lowest BCUT2D eigenvalue weighted by molar-refractivity contribution is 0.276. The van der Waals surface area contributed by atoms with Gasteiger partial charge >= 0.3 is 0 Å². The molecule has 0 saturated heterocycles. The van der Waals surface area contributed by atoms with Crippen molar-refractivity contribution in [2.24, 2.45) is 4.99 Å². The Hall–Kier alpha value is -2.43. The number of halogens is 1. The number of aliphatic hydroxyl groups excluding tert-OH is 1. The molecule has 0 amide bonds. The standard InChI is InChI=1S/C18H14ClN3O/c19-13-6-7-17-16(8-13)18(12-4-2-1-3-5-12)20-10-15-9-14(11-23)21-22(15)17/h1-9,23H,10-11H2. The number of hydrogen-bond acceptors (Lipinski definition) is 3. The van der Waals surface area contributed by atoms with Gasteiger partial charge in [-0.1, -0.05) is 41.9 Å². The first-order valence-corrected chi connectivity index (χ1v) is 7.73. The van der Waals surface area contributed by atoms with Crippen molar-refractivity contribution >= 4 is 17.3 Å². The molecule has 23 heavy (non-hydrogen) atoms. The van der Waals surface area contributed by atoms with Crippen molar-refractivity contribution in [1.29, 1.82) is 0 Å². The number of aliphatic hydroxyl groups is 1. The second kappa shape index (κ2) is 5.65. The second-order valence-electron chi connectivity index (χ2n) is 5.39. The van der Waals surface area contributed by atoms with E-state index in [1.807, 2.05) is 59.3 Å². The maximum Gasteiger partial charge on any atom is 0.0886 e. The molecule has 1 aliphatic heterocycles. The fourth-order valence-corrected chi connectivity index (χ4v) is 3.02. The average Bonchev–Trinajstić information content (AvgIpc) is 2.93. The number of fused-ring (bicyclic) bond motifs is 3. The topological polar surface area (TPSA) is 50.4 Å². The highest BCUT2D eigenvalue weighted by Gasteiger charge is 2.20. The Morgan fingerprint density at radius 2 is 1.91 bits per heavy atom. The molecule has 0 aliphatic carbocycles. The van der Waals surface area contributed by atoms with E-state index in [0.717, 1.165) is 28.2 Å². The van der Waals surface area contributed by atoms with Gasteiger partial charge in [-0.3, -0.25) is 4.99 Å². The molecule has 0 atom stereocenters. The van der Waals surface area contributed by atoms with Crippen LogP contribution in [0.25, 0.3) is 5.69 Å². The number of hydrogen-bond donors (Lipinski definition) is 1. The zero-order chi connectivity index (χ0) is 15.8. The predicted molar refractivity (Wildman–Crippen MR) is 90.3 cm³/mol. The van der Waals surface area contributed by atoms with Crippen molar-refractivity contribution in [2.75, 3.05) is 0 Å². The minimum atomic E-state index is -0.0851. The first-order valence-electron chi connectivity index (χ1n) is 7.35. The molecule has 0 spiro atoms. The molecule has 0 fully saturated rings. The maximum atomic E-state index is 9.35. The Bertz CT molecular complexity index is 900. The predicted octanol–water partition coefficient (Wildman–Crippen LogP) is 3.37. The van der Waals surface area contributed by atoms with Crippen molar-refractivity contribution < 1.29 is 5.11 Å². The third kappa shape index (κ3) is 2.46. The Morgan fingerprint density at radius 3 is 2.70 bits per heavy atom. The molecule has 5 heteroatoms. The van der Waals surface area contributed by atoms with Gasteiger partial charge in [0.25, 0.3) is 0 Å². The van der Waals surface area contributed by atoms with Crippen molar-refractivity contribution in [1.82, 2.24) is 9.78 Å². The molecule has 2 aromatic carbocycles. The van der Waals surface area contributed by atoms with Gasteiger partial charge in [-0.05, 0) is 24.3 Å². The van der Waals surface area contributed by atoms with E-state index >= 15 is 0 Å². The Labute approximate surface area is 138 Å². The summed E-state index contributed by atoms with van der Waals surface area (Å²) in [6.45, 7) is 0.418. The zero-order valence-electron chi connectivity index (χ0n) is 12.3. The Balaban J connectivity index is 1.96. The molecule has 1 aromatic heterocycles. The molecule has 3 aromatic rings. The highest BCUT2D eigenvalue weighted by Crippen LogP contribution is 2.27. The zero-order valence-corrected chi connectivity index (χ0v) is 13.0. The van der Waals surface area contributed by atoms with E-state index in [4.69, 9.17) is 16.6 Å². The molecule has 114 valence electrons. The molecular weight excluding hydrogens is 310 g/mol. The van der Waals surface area contributed by atoms with E-state index in [9.17, 15) is 5.11 Å². The number of nitrogens with zero attached hydrogens (tertiary/aromatic N) is 3. The fraction of sp³-hybridized carbons (Fsp3) is 0.111. The summed E-state index contributed by atoms with van der Waals surface area (Å²) in [4.78, 5) is 4.78. The monoisotopic (exact) mass is 323 g/mol. The molecule has 0 bridgehead atoms. The van der Waals surface area contributed by atoms with E-state index in [1.54, 1.807) is 0 Å². The molecule has 2 heterocycles. The highest BCUT2D eigenvalue weighted by molar-refractivity contribution is 6.31. The van der Waals surface area contributed by atoms with Crippen molar-refractivity contribution in [3.05, 3.63) is 82.1 Å². The van der Waals surface area contributed by atoms with Crippen LogP contribution in [0.4, 0.5) is 0 Å². The van der Waals surface area contributed by atoms with Gasteiger partial charge in [0.15, 0.2) is 0 Å². The van der Waals surface area contributed by atoms with Gasteiger partial charge in [0.05, 0.1) is 35.9 Å². The van der Waals surface area contributed by atoms with Crippen LogP contribution < -0.4 is 0 Å². The third-order valence-corrected chi connectivity index (χ3v) is 4.12.